The molecule has 3 saturated carbocycles. The van der Waals surface area contributed by atoms with Crippen molar-refractivity contribution in [2.75, 3.05) is 0 Å². The van der Waals surface area contributed by atoms with Gasteiger partial charge >= 0.3 is 0 Å². The summed E-state index contributed by atoms with van der Waals surface area (Å²) in [5.74, 6) is 2.47. The molecule has 0 saturated heterocycles. The maximum absolute atomic E-state index is 14.8. The van der Waals surface area contributed by atoms with Crippen molar-refractivity contribution >= 4 is 5.78 Å². The third-order valence-electron chi connectivity index (χ3n) is 7.98. The molecule has 0 aromatic carbocycles. The largest absolute Gasteiger partial charge is 0.393 e. The number of hydrogen-bond donors (Lipinski definition) is 1. The highest BCUT2D eigenvalue weighted by Gasteiger charge is 2.57. The maximum Gasteiger partial charge on any atom is 0.133 e. The fraction of sp³-hybridized carbons (Fsp3) is 0.850. The second kappa shape index (κ2) is 5.40. The number of hydrogen-bond acceptors (Lipinski definition) is 2. The Bertz CT molecular complexity index is 554. The third-order valence-corrected chi connectivity index (χ3v) is 7.98. The topological polar surface area (TPSA) is 37.3 Å². The van der Waals surface area contributed by atoms with Crippen LogP contribution in [0.5, 0.6) is 0 Å². The molecule has 3 fully saturated rings. The van der Waals surface area contributed by atoms with Crippen LogP contribution in [0.4, 0.5) is 4.39 Å². The molecule has 2 nitrogen and oxygen atoms in total. The zero-order valence-electron chi connectivity index (χ0n) is 14.4. The SMILES string of the molecule is CC(=O)C1CCC2C3CC(F)=C4CC(O)CCC4C3CCC12C. The van der Waals surface area contributed by atoms with Crippen LogP contribution < -0.4 is 0 Å². The highest BCUT2D eigenvalue weighted by Crippen LogP contribution is 2.64. The van der Waals surface area contributed by atoms with Gasteiger partial charge in [0.05, 0.1) is 11.9 Å². The van der Waals surface area contributed by atoms with Crippen LogP contribution in [0.15, 0.2) is 11.4 Å². The lowest BCUT2D eigenvalue weighted by atomic mass is 9.51. The summed E-state index contributed by atoms with van der Waals surface area (Å²) in [6, 6.07) is 0. The van der Waals surface area contributed by atoms with Crippen molar-refractivity contribution in [1.82, 2.24) is 0 Å². The Morgan fingerprint density at radius 3 is 2.65 bits per heavy atom. The molecule has 7 atom stereocenters. The summed E-state index contributed by atoms with van der Waals surface area (Å²) in [5, 5.41) is 9.91. The van der Waals surface area contributed by atoms with E-state index >= 15 is 0 Å². The van der Waals surface area contributed by atoms with Gasteiger partial charge in [-0.15, -0.1) is 0 Å². The van der Waals surface area contributed by atoms with E-state index in [0.29, 0.717) is 42.3 Å². The summed E-state index contributed by atoms with van der Waals surface area (Å²) in [4.78, 5) is 12.1. The lowest BCUT2D eigenvalue weighted by molar-refractivity contribution is -0.126. The molecule has 0 spiro atoms. The van der Waals surface area contributed by atoms with Crippen molar-refractivity contribution in [3.63, 3.8) is 0 Å². The molecule has 4 aliphatic rings. The van der Waals surface area contributed by atoms with Crippen molar-refractivity contribution in [3.05, 3.63) is 11.4 Å². The van der Waals surface area contributed by atoms with Crippen LogP contribution in [0.25, 0.3) is 0 Å². The number of rotatable bonds is 1. The lowest BCUT2D eigenvalue weighted by Crippen LogP contribution is -2.47. The lowest BCUT2D eigenvalue weighted by Gasteiger charge is -2.53. The molecule has 1 N–H and O–H groups in total. The van der Waals surface area contributed by atoms with Crippen molar-refractivity contribution in [2.24, 2.45) is 35.0 Å². The predicted molar refractivity (Wildman–Crippen MR) is 87.3 cm³/mol. The smallest absolute Gasteiger partial charge is 0.133 e. The van der Waals surface area contributed by atoms with E-state index in [9.17, 15) is 14.3 Å². The normalized spacial score (nSPS) is 49.4. The molecule has 4 aliphatic carbocycles. The van der Waals surface area contributed by atoms with Gasteiger partial charge in [-0.25, -0.2) is 4.39 Å². The number of fused-ring (bicyclic) bond motifs is 5. The number of allylic oxidation sites excluding steroid dienone is 1. The molecule has 0 radical (unpaired) electrons. The monoisotopic (exact) mass is 320 g/mol. The Morgan fingerprint density at radius 1 is 1.13 bits per heavy atom. The standard InChI is InChI=1S/C20H29FO2/c1-11(22)17-5-6-18-15-10-19(21)16-9-12(23)3-4-13(16)14(15)7-8-20(17,18)2/h12-15,17-18,23H,3-10H2,1-2H3. The van der Waals surface area contributed by atoms with Gasteiger partial charge in [0.25, 0.3) is 0 Å². The minimum absolute atomic E-state index is 0.0746. The van der Waals surface area contributed by atoms with Crippen molar-refractivity contribution in [1.29, 1.82) is 0 Å². The van der Waals surface area contributed by atoms with Crippen molar-refractivity contribution < 1.29 is 14.3 Å². The Labute approximate surface area is 138 Å². The fourth-order valence-corrected chi connectivity index (χ4v) is 6.95. The van der Waals surface area contributed by atoms with Gasteiger partial charge in [-0.05, 0) is 86.5 Å². The zero-order valence-corrected chi connectivity index (χ0v) is 14.4. The van der Waals surface area contributed by atoms with Crippen LogP contribution in [0, 0.1) is 35.0 Å². The van der Waals surface area contributed by atoms with Gasteiger partial charge in [-0.3, -0.25) is 4.79 Å². The first-order valence-corrected chi connectivity index (χ1v) is 9.47. The van der Waals surface area contributed by atoms with Gasteiger partial charge in [0.2, 0.25) is 0 Å². The Hall–Kier alpha value is -0.700. The van der Waals surface area contributed by atoms with E-state index in [4.69, 9.17) is 0 Å². The fourth-order valence-electron chi connectivity index (χ4n) is 6.95. The van der Waals surface area contributed by atoms with Crippen LogP contribution >= 0.6 is 0 Å². The molecule has 3 heteroatoms. The second-order valence-electron chi connectivity index (χ2n) is 8.90. The maximum atomic E-state index is 14.8. The summed E-state index contributed by atoms with van der Waals surface area (Å²) < 4.78 is 14.8. The predicted octanol–water partition coefficient (Wildman–Crippen LogP) is 4.42. The molecule has 0 aromatic rings. The van der Waals surface area contributed by atoms with E-state index in [1.807, 2.05) is 0 Å². The molecular weight excluding hydrogens is 291 g/mol. The van der Waals surface area contributed by atoms with E-state index in [-0.39, 0.29) is 23.3 Å². The van der Waals surface area contributed by atoms with Crippen LogP contribution in [-0.4, -0.2) is 17.0 Å². The first-order valence-electron chi connectivity index (χ1n) is 9.47. The molecule has 0 aliphatic heterocycles. The van der Waals surface area contributed by atoms with E-state index < -0.39 is 0 Å². The first kappa shape index (κ1) is 15.8. The molecule has 0 aromatic heterocycles. The van der Waals surface area contributed by atoms with Crippen LogP contribution in [0.2, 0.25) is 0 Å². The van der Waals surface area contributed by atoms with Crippen molar-refractivity contribution in [3.8, 4) is 0 Å². The van der Waals surface area contributed by atoms with Crippen molar-refractivity contribution in [2.45, 2.75) is 71.3 Å². The van der Waals surface area contributed by atoms with E-state index in [1.165, 1.54) is 0 Å². The van der Waals surface area contributed by atoms with Gasteiger partial charge in [0.15, 0.2) is 0 Å². The molecule has 23 heavy (non-hydrogen) atoms. The highest BCUT2D eigenvalue weighted by molar-refractivity contribution is 5.79. The van der Waals surface area contributed by atoms with E-state index in [2.05, 4.69) is 6.92 Å². The summed E-state index contributed by atoms with van der Waals surface area (Å²) in [5.41, 5.74) is 1.04. The molecule has 0 heterocycles. The molecule has 0 amide bonds. The number of carbonyl (C=O) groups excluding carboxylic acids is 1. The molecule has 0 bridgehead atoms. The van der Waals surface area contributed by atoms with E-state index in [1.54, 1.807) is 6.92 Å². The molecular formula is C20H29FO2. The number of ketones is 1. The average molecular weight is 320 g/mol. The Kier molecular flexibility index (Phi) is 3.71. The number of aliphatic hydroxyl groups excluding tert-OH is 1. The summed E-state index contributed by atoms with van der Waals surface area (Å²) in [6.45, 7) is 4.04. The quantitative estimate of drug-likeness (QED) is 0.776. The van der Waals surface area contributed by atoms with Gasteiger partial charge in [-0.1, -0.05) is 6.92 Å². The van der Waals surface area contributed by atoms with Gasteiger partial charge in [0.1, 0.15) is 5.78 Å². The third kappa shape index (κ3) is 2.26. The zero-order chi connectivity index (χ0) is 16.4. The first-order chi connectivity index (χ1) is 10.9. The number of aliphatic hydroxyl groups is 1. The van der Waals surface area contributed by atoms with Crippen LogP contribution in [0.3, 0.4) is 0 Å². The molecule has 7 unspecified atom stereocenters. The summed E-state index contributed by atoms with van der Waals surface area (Å²) >= 11 is 0. The van der Waals surface area contributed by atoms with Gasteiger partial charge in [-0.2, -0.15) is 0 Å². The Balaban J connectivity index is 1.65. The number of halogens is 1. The minimum Gasteiger partial charge on any atom is -0.393 e. The van der Waals surface area contributed by atoms with Crippen LogP contribution in [0.1, 0.15) is 65.2 Å². The molecule has 4 rings (SSSR count). The summed E-state index contributed by atoms with van der Waals surface area (Å²) in [6.07, 6.45) is 6.90. The number of carbonyl (C=O) groups is 1. The summed E-state index contributed by atoms with van der Waals surface area (Å²) in [7, 11) is 0. The number of Topliss-reactive ketones (excluding diaryl/α,β-unsaturated/α-hetero) is 1. The average Bonchev–Trinajstić information content (AvgIpc) is 2.85. The van der Waals surface area contributed by atoms with Gasteiger partial charge < -0.3 is 5.11 Å². The molecule has 128 valence electrons. The second-order valence-corrected chi connectivity index (χ2v) is 8.90. The Morgan fingerprint density at radius 2 is 1.91 bits per heavy atom. The minimum atomic E-state index is -0.342. The highest BCUT2D eigenvalue weighted by atomic mass is 19.1. The van der Waals surface area contributed by atoms with E-state index in [0.717, 1.165) is 44.1 Å². The van der Waals surface area contributed by atoms with Crippen LogP contribution in [-0.2, 0) is 4.79 Å². The van der Waals surface area contributed by atoms with Gasteiger partial charge in [0, 0.05) is 12.3 Å².